The van der Waals surface area contributed by atoms with Gasteiger partial charge in [0.05, 0.1) is 0 Å². The summed E-state index contributed by atoms with van der Waals surface area (Å²) >= 11 is 5.79. The van der Waals surface area contributed by atoms with E-state index < -0.39 is 6.04 Å². The summed E-state index contributed by atoms with van der Waals surface area (Å²) in [6.07, 6.45) is 6.78. The van der Waals surface area contributed by atoms with Gasteiger partial charge in [-0.1, -0.05) is 29.8 Å². The van der Waals surface area contributed by atoms with Crippen LogP contribution in [-0.2, 0) is 16.0 Å². The van der Waals surface area contributed by atoms with Crippen LogP contribution in [0.2, 0.25) is 5.02 Å². The van der Waals surface area contributed by atoms with Gasteiger partial charge in [-0.05, 0) is 35.9 Å². The molecule has 0 fully saturated rings. The van der Waals surface area contributed by atoms with Gasteiger partial charge >= 0.3 is 0 Å². The molecule has 1 heterocycles. The number of benzene rings is 1. The van der Waals surface area contributed by atoms with E-state index in [1.165, 1.54) is 6.08 Å². The molecule has 0 unspecified atom stereocenters. The van der Waals surface area contributed by atoms with E-state index in [0.29, 0.717) is 11.4 Å². The summed E-state index contributed by atoms with van der Waals surface area (Å²) in [6, 6.07) is 11.7. The van der Waals surface area contributed by atoms with Crippen LogP contribution in [-0.4, -0.2) is 23.2 Å². The minimum Gasteiger partial charge on any atom is -0.342 e. The second kappa shape index (κ2) is 8.10. The third kappa shape index (κ3) is 5.14. The summed E-state index contributed by atoms with van der Waals surface area (Å²) < 4.78 is 0. The van der Waals surface area contributed by atoms with Crippen LogP contribution in [0.25, 0.3) is 6.08 Å². The van der Waals surface area contributed by atoms with Crippen molar-refractivity contribution in [3.05, 3.63) is 71.0 Å². The van der Waals surface area contributed by atoms with Gasteiger partial charge in [0.15, 0.2) is 0 Å². The van der Waals surface area contributed by atoms with Gasteiger partial charge in [0.2, 0.25) is 12.2 Å². The van der Waals surface area contributed by atoms with Crippen molar-refractivity contribution in [2.45, 2.75) is 12.5 Å². The predicted octanol–water partition coefficient (Wildman–Crippen LogP) is 2.59. The van der Waals surface area contributed by atoms with Gasteiger partial charge in [-0.25, -0.2) is 0 Å². The monoisotopic (exact) mass is 313 g/mol. The number of halogens is 1. The van der Waals surface area contributed by atoms with Gasteiger partial charge in [0.25, 0.3) is 0 Å². The number of aromatic nitrogens is 1. The number of pyridine rings is 1. The lowest BCUT2D eigenvalue weighted by molar-refractivity contribution is -0.116. The molecule has 0 aliphatic carbocycles. The number of rotatable bonds is 6. The fraction of sp³-hybridized carbons (Fsp3) is 0.118. The maximum atomic E-state index is 11.8. The van der Waals surface area contributed by atoms with E-state index in [1.807, 2.05) is 12.4 Å². The Labute approximate surface area is 133 Å². The molecule has 1 aromatic carbocycles. The largest absolute Gasteiger partial charge is 0.342 e. The summed E-state index contributed by atoms with van der Waals surface area (Å²) in [6.45, 7) is 0. The molecular weight excluding hydrogens is 300 g/mol. The molecule has 5 heteroatoms. The smallest absolute Gasteiger partial charge is 0.244 e. The van der Waals surface area contributed by atoms with E-state index in [4.69, 9.17) is 11.6 Å². The Morgan fingerprint density at radius 3 is 2.68 bits per heavy atom. The first-order valence-corrected chi connectivity index (χ1v) is 7.07. The maximum absolute atomic E-state index is 11.8. The molecule has 1 amide bonds. The zero-order valence-corrected chi connectivity index (χ0v) is 12.5. The zero-order valence-electron chi connectivity index (χ0n) is 11.7. The van der Waals surface area contributed by atoms with Crippen molar-refractivity contribution in [3.8, 4) is 0 Å². The lowest BCUT2D eigenvalue weighted by atomic mass is 10.1. The molecule has 0 saturated heterocycles. The molecule has 0 spiro atoms. The molecule has 1 N–H and O–H groups in total. The third-order valence-electron chi connectivity index (χ3n) is 2.90. The molecule has 2 aromatic rings. The minimum absolute atomic E-state index is 0.310. The normalized spacial score (nSPS) is 12.0. The summed E-state index contributed by atoms with van der Waals surface area (Å²) in [5.74, 6) is -0.362. The molecule has 4 nitrogen and oxygen atoms in total. The number of carbonyl (C=O) groups excluding carboxylic acids is 2. The Morgan fingerprint density at radius 1 is 1.27 bits per heavy atom. The van der Waals surface area contributed by atoms with Crippen LogP contribution < -0.4 is 5.32 Å². The molecular formula is C17H14ClN2O2. The summed E-state index contributed by atoms with van der Waals surface area (Å²) in [7, 11) is 0. The standard InChI is InChI=1S/C17H14ClN2O2/c18-14-7-4-13(5-8-14)6-9-17(22)20-16(12-21)11-15-3-1-2-10-19-15/h1-10,16H,11H2,(H,20,22)/b9-6+/t16-/m0/s1. The Morgan fingerprint density at radius 2 is 2.05 bits per heavy atom. The van der Waals surface area contributed by atoms with Crippen LogP contribution in [0.3, 0.4) is 0 Å². The van der Waals surface area contributed by atoms with Crippen molar-refractivity contribution in [2.75, 3.05) is 0 Å². The van der Waals surface area contributed by atoms with Gasteiger partial charge in [-0.2, -0.15) is 0 Å². The second-order valence-corrected chi connectivity index (χ2v) is 5.03. The fourth-order valence-corrected chi connectivity index (χ4v) is 1.94. The Bertz CT molecular complexity index is 654. The summed E-state index contributed by atoms with van der Waals surface area (Å²) in [4.78, 5) is 26.9. The maximum Gasteiger partial charge on any atom is 0.244 e. The number of amides is 1. The zero-order chi connectivity index (χ0) is 15.8. The molecule has 1 atom stereocenters. The van der Waals surface area contributed by atoms with Crippen LogP contribution in [0.5, 0.6) is 0 Å². The number of hydrogen-bond donors (Lipinski definition) is 1. The van der Waals surface area contributed by atoms with Crippen molar-refractivity contribution in [2.24, 2.45) is 0 Å². The van der Waals surface area contributed by atoms with E-state index >= 15 is 0 Å². The van der Waals surface area contributed by atoms with E-state index in [0.717, 1.165) is 11.3 Å². The average molecular weight is 314 g/mol. The SMILES string of the molecule is O=[C][C@H](Cc1ccccn1)NC(=O)/C=C/c1ccc(Cl)cc1. The van der Waals surface area contributed by atoms with Crippen LogP contribution in [0, 0.1) is 0 Å². The first kappa shape index (κ1) is 15.9. The predicted molar refractivity (Wildman–Crippen MR) is 86.1 cm³/mol. The number of hydrogen-bond acceptors (Lipinski definition) is 3. The van der Waals surface area contributed by atoms with Gasteiger partial charge in [0, 0.05) is 29.4 Å². The lowest BCUT2D eigenvalue weighted by Gasteiger charge is -2.09. The second-order valence-electron chi connectivity index (χ2n) is 4.59. The molecule has 111 valence electrons. The summed E-state index contributed by atoms with van der Waals surface area (Å²) in [5, 5.41) is 3.21. The van der Waals surface area contributed by atoms with E-state index in [1.54, 1.807) is 48.7 Å². The minimum atomic E-state index is -0.725. The molecule has 0 saturated carbocycles. The Hall–Kier alpha value is -2.46. The first-order valence-electron chi connectivity index (χ1n) is 6.69. The third-order valence-corrected chi connectivity index (χ3v) is 3.15. The fourth-order valence-electron chi connectivity index (χ4n) is 1.82. The summed E-state index contributed by atoms with van der Waals surface area (Å²) in [5.41, 5.74) is 1.56. The highest BCUT2D eigenvalue weighted by molar-refractivity contribution is 6.30. The van der Waals surface area contributed by atoms with Gasteiger partial charge in [-0.15, -0.1) is 0 Å². The highest BCUT2D eigenvalue weighted by Crippen LogP contribution is 2.10. The van der Waals surface area contributed by atoms with Crippen molar-refractivity contribution in [1.29, 1.82) is 0 Å². The van der Waals surface area contributed by atoms with Crippen molar-refractivity contribution >= 4 is 29.9 Å². The van der Waals surface area contributed by atoms with Crippen LogP contribution in [0.15, 0.2) is 54.7 Å². The van der Waals surface area contributed by atoms with Gasteiger partial charge in [0.1, 0.15) is 6.04 Å². The molecule has 0 aliphatic rings. The molecule has 2 rings (SSSR count). The topological polar surface area (TPSA) is 59.1 Å². The number of carbonyl (C=O) groups is 1. The average Bonchev–Trinajstić information content (AvgIpc) is 2.54. The van der Waals surface area contributed by atoms with Crippen molar-refractivity contribution < 1.29 is 9.59 Å². The number of nitrogens with one attached hydrogen (secondary N) is 1. The van der Waals surface area contributed by atoms with Crippen LogP contribution >= 0.6 is 11.6 Å². The van der Waals surface area contributed by atoms with Gasteiger partial charge in [-0.3, -0.25) is 14.6 Å². The van der Waals surface area contributed by atoms with E-state index in [2.05, 4.69) is 10.3 Å². The van der Waals surface area contributed by atoms with Crippen molar-refractivity contribution in [1.82, 2.24) is 10.3 Å². The van der Waals surface area contributed by atoms with Crippen LogP contribution in [0.1, 0.15) is 11.3 Å². The molecule has 0 aliphatic heterocycles. The van der Waals surface area contributed by atoms with Gasteiger partial charge < -0.3 is 5.32 Å². The van der Waals surface area contributed by atoms with E-state index in [-0.39, 0.29) is 5.91 Å². The number of nitrogens with zero attached hydrogens (tertiary/aromatic N) is 1. The Kier molecular flexibility index (Phi) is 5.86. The molecule has 22 heavy (non-hydrogen) atoms. The van der Waals surface area contributed by atoms with Crippen LogP contribution in [0.4, 0.5) is 0 Å². The highest BCUT2D eigenvalue weighted by atomic mass is 35.5. The van der Waals surface area contributed by atoms with Crippen molar-refractivity contribution in [3.63, 3.8) is 0 Å². The Balaban J connectivity index is 1.91. The quantitative estimate of drug-likeness (QED) is 0.834. The lowest BCUT2D eigenvalue weighted by Crippen LogP contribution is -2.36. The molecule has 1 radical (unpaired) electrons. The van der Waals surface area contributed by atoms with E-state index in [9.17, 15) is 9.59 Å². The molecule has 1 aromatic heterocycles. The highest BCUT2D eigenvalue weighted by Gasteiger charge is 2.11. The molecule has 0 bridgehead atoms. The first-order chi connectivity index (χ1) is 10.7.